The lowest BCUT2D eigenvalue weighted by atomic mass is 10.5. The van der Waals surface area contributed by atoms with Crippen LogP contribution in [0.3, 0.4) is 0 Å². The first-order chi connectivity index (χ1) is 6.74. The fourth-order valence-corrected chi connectivity index (χ4v) is 2.21. The van der Waals surface area contributed by atoms with Crippen LogP contribution in [0.2, 0.25) is 0 Å². The number of rotatable bonds is 3. The van der Waals surface area contributed by atoms with Crippen LogP contribution in [-0.2, 0) is 6.54 Å². The lowest BCUT2D eigenvalue weighted by molar-refractivity contribution is 1.05. The molecule has 0 aliphatic rings. The highest BCUT2D eigenvalue weighted by molar-refractivity contribution is 7.19. The molecule has 6 heteroatoms. The van der Waals surface area contributed by atoms with Gasteiger partial charge in [-0.1, -0.05) is 11.3 Å². The molecule has 74 valence electrons. The molecule has 2 aromatic heterocycles. The first-order valence-electron chi connectivity index (χ1n) is 4.10. The van der Waals surface area contributed by atoms with Crippen LogP contribution in [-0.4, -0.2) is 9.97 Å². The molecule has 0 saturated carbocycles. The van der Waals surface area contributed by atoms with Gasteiger partial charge >= 0.3 is 0 Å². The van der Waals surface area contributed by atoms with E-state index in [1.54, 1.807) is 17.5 Å². The quantitative estimate of drug-likeness (QED) is 0.841. The summed E-state index contributed by atoms with van der Waals surface area (Å²) in [6.07, 6.45) is 1.65. The first kappa shape index (κ1) is 9.42. The highest BCUT2D eigenvalue weighted by Crippen LogP contribution is 2.20. The summed E-state index contributed by atoms with van der Waals surface area (Å²) in [4.78, 5) is 8.43. The normalized spacial score (nSPS) is 10.4. The van der Waals surface area contributed by atoms with E-state index in [4.69, 9.17) is 5.73 Å². The minimum atomic E-state index is 0.706. The van der Waals surface area contributed by atoms with Crippen LogP contribution in [0, 0.1) is 6.92 Å². The number of aryl methyl sites for hydroxylation is 1. The molecular weight excluding hydrogens is 216 g/mol. The molecule has 0 bridgehead atoms. The molecular formula is C8H10N4S2. The lowest BCUT2D eigenvalue weighted by Gasteiger charge is -1.97. The summed E-state index contributed by atoms with van der Waals surface area (Å²) >= 11 is 3.10. The second kappa shape index (κ2) is 3.93. The number of hydrogen-bond donors (Lipinski definition) is 2. The van der Waals surface area contributed by atoms with E-state index in [0.717, 1.165) is 20.8 Å². The van der Waals surface area contributed by atoms with Crippen LogP contribution in [0.1, 0.15) is 10.7 Å². The van der Waals surface area contributed by atoms with Crippen molar-refractivity contribution >= 4 is 32.8 Å². The Kier molecular flexibility index (Phi) is 2.64. The third kappa shape index (κ3) is 2.21. The molecule has 0 aromatic carbocycles. The summed E-state index contributed by atoms with van der Waals surface area (Å²) in [5.41, 5.74) is 6.60. The molecule has 0 atom stereocenters. The van der Waals surface area contributed by atoms with E-state index in [0.29, 0.717) is 6.54 Å². The molecule has 0 unspecified atom stereocenters. The Hall–Kier alpha value is -1.14. The largest absolute Gasteiger partial charge is 0.389 e. The van der Waals surface area contributed by atoms with Crippen molar-refractivity contribution in [2.75, 3.05) is 11.1 Å². The molecule has 0 saturated heterocycles. The molecule has 3 N–H and O–H groups in total. The van der Waals surface area contributed by atoms with Crippen molar-refractivity contribution in [1.82, 2.24) is 9.97 Å². The van der Waals surface area contributed by atoms with Gasteiger partial charge in [-0.2, -0.15) is 0 Å². The van der Waals surface area contributed by atoms with Gasteiger partial charge < -0.3 is 11.1 Å². The number of nitrogens with two attached hydrogens (primary N) is 1. The Morgan fingerprint density at radius 3 is 3.00 bits per heavy atom. The molecule has 4 nitrogen and oxygen atoms in total. The zero-order chi connectivity index (χ0) is 9.97. The average molecular weight is 226 g/mol. The van der Waals surface area contributed by atoms with Crippen molar-refractivity contribution in [3.05, 3.63) is 22.3 Å². The van der Waals surface area contributed by atoms with Gasteiger partial charge in [0, 0.05) is 5.38 Å². The molecule has 0 radical (unpaired) electrons. The summed E-state index contributed by atoms with van der Waals surface area (Å²) in [5, 5.41) is 7.86. The van der Waals surface area contributed by atoms with Gasteiger partial charge in [-0.3, -0.25) is 0 Å². The first-order valence-corrected chi connectivity index (χ1v) is 5.80. The second-order valence-electron chi connectivity index (χ2n) is 2.78. The highest BCUT2D eigenvalue weighted by Gasteiger charge is 2.00. The Morgan fingerprint density at radius 1 is 1.57 bits per heavy atom. The van der Waals surface area contributed by atoms with Gasteiger partial charge in [-0.15, -0.1) is 11.3 Å². The standard InChI is InChI=1S/C8H10N4S2/c1-5-12-6(4-13-5)2-10-8-11-3-7(9)14-8/h3-4H,2,9H2,1H3,(H,10,11). The van der Waals surface area contributed by atoms with Crippen molar-refractivity contribution in [1.29, 1.82) is 0 Å². The molecule has 0 aliphatic heterocycles. The fourth-order valence-electron chi connectivity index (χ4n) is 1.02. The number of nitrogens with one attached hydrogen (secondary N) is 1. The molecule has 2 rings (SSSR count). The van der Waals surface area contributed by atoms with E-state index in [-0.39, 0.29) is 0 Å². The van der Waals surface area contributed by atoms with E-state index in [9.17, 15) is 0 Å². The minimum absolute atomic E-state index is 0.706. The third-order valence-electron chi connectivity index (χ3n) is 1.61. The van der Waals surface area contributed by atoms with Gasteiger partial charge in [0.15, 0.2) is 5.13 Å². The number of nitrogen functional groups attached to an aromatic ring is 1. The van der Waals surface area contributed by atoms with Crippen LogP contribution in [0.4, 0.5) is 10.1 Å². The van der Waals surface area contributed by atoms with Crippen LogP contribution in [0.15, 0.2) is 11.6 Å². The summed E-state index contributed by atoms with van der Waals surface area (Å²) in [5.74, 6) is 0. The molecule has 0 aliphatic carbocycles. The maximum atomic E-state index is 5.55. The number of thiazole rings is 2. The summed E-state index contributed by atoms with van der Waals surface area (Å²) in [6.45, 7) is 2.70. The number of anilines is 2. The summed E-state index contributed by atoms with van der Waals surface area (Å²) in [7, 11) is 0. The third-order valence-corrected chi connectivity index (χ3v) is 3.22. The SMILES string of the molecule is Cc1nc(CNc2ncc(N)s2)cs1. The predicted octanol–water partition coefficient (Wildman–Crippen LogP) is 2.10. The van der Waals surface area contributed by atoms with E-state index >= 15 is 0 Å². The van der Waals surface area contributed by atoms with E-state index in [1.807, 2.05) is 12.3 Å². The van der Waals surface area contributed by atoms with Crippen molar-refractivity contribution in [3.8, 4) is 0 Å². The van der Waals surface area contributed by atoms with Crippen LogP contribution >= 0.6 is 22.7 Å². The maximum Gasteiger partial charge on any atom is 0.184 e. The van der Waals surface area contributed by atoms with Gasteiger partial charge in [0.1, 0.15) is 5.00 Å². The van der Waals surface area contributed by atoms with E-state index in [2.05, 4.69) is 15.3 Å². The van der Waals surface area contributed by atoms with E-state index < -0.39 is 0 Å². The van der Waals surface area contributed by atoms with Gasteiger partial charge in [0.2, 0.25) is 0 Å². The minimum Gasteiger partial charge on any atom is -0.389 e. The number of hydrogen-bond acceptors (Lipinski definition) is 6. The van der Waals surface area contributed by atoms with Crippen molar-refractivity contribution < 1.29 is 0 Å². The van der Waals surface area contributed by atoms with Crippen molar-refractivity contribution in [2.24, 2.45) is 0 Å². The second-order valence-corrected chi connectivity index (χ2v) is 4.90. The van der Waals surface area contributed by atoms with Gasteiger partial charge in [-0.05, 0) is 6.92 Å². The summed E-state index contributed by atoms with van der Waals surface area (Å²) in [6, 6.07) is 0. The average Bonchev–Trinajstić information content (AvgIpc) is 2.72. The van der Waals surface area contributed by atoms with Crippen LogP contribution in [0.5, 0.6) is 0 Å². The monoisotopic (exact) mass is 226 g/mol. The molecule has 0 spiro atoms. The van der Waals surface area contributed by atoms with Crippen molar-refractivity contribution in [3.63, 3.8) is 0 Å². The molecule has 0 fully saturated rings. The number of aromatic nitrogens is 2. The molecule has 2 aromatic rings. The Balaban J connectivity index is 1.94. The van der Waals surface area contributed by atoms with Gasteiger partial charge in [0.05, 0.1) is 23.4 Å². The predicted molar refractivity (Wildman–Crippen MR) is 60.7 cm³/mol. The van der Waals surface area contributed by atoms with Crippen molar-refractivity contribution in [2.45, 2.75) is 13.5 Å². The van der Waals surface area contributed by atoms with Crippen LogP contribution in [0.25, 0.3) is 0 Å². The molecule has 14 heavy (non-hydrogen) atoms. The highest BCUT2D eigenvalue weighted by atomic mass is 32.1. The smallest absolute Gasteiger partial charge is 0.184 e. The fraction of sp³-hybridized carbons (Fsp3) is 0.250. The Morgan fingerprint density at radius 2 is 2.43 bits per heavy atom. The lowest BCUT2D eigenvalue weighted by Crippen LogP contribution is -1.98. The number of nitrogens with zero attached hydrogens (tertiary/aromatic N) is 2. The summed E-state index contributed by atoms with van der Waals surface area (Å²) < 4.78 is 0. The van der Waals surface area contributed by atoms with Gasteiger partial charge in [-0.25, -0.2) is 9.97 Å². The molecule has 0 amide bonds. The van der Waals surface area contributed by atoms with E-state index in [1.165, 1.54) is 11.3 Å². The van der Waals surface area contributed by atoms with Gasteiger partial charge in [0.25, 0.3) is 0 Å². The molecule has 2 heterocycles. The Bertz CT molecular complexity index is 380. The Labute approximate surface area is 89.8 Å². The zero-order valence-electron chi connectivity index (χ0n) is 7.65. The topological polar surface area (TPSA) is 63.8 Å². The van der Waals surface area contributed by atoms with Crippen LogP contribution < -0.4 is 11.1 Å². The zero-order valence-corrected chi connectivity index (χ0v) is 9.28. The maximum absolute atomic E-state index is 5.55.